The summed E-state index contributed by atoms with van der Waals surface area (Å²) in [5.74, 6) is 2.01. The van der Waals surface area contributed by atoms with Crippen molar-refractivity contribution in [2.75, 3.05) is 6.54 Å². The van der Waals surface area contributed by atoms with Crippen molar-refractivity contribution in [2.45, 2.75) is 57.9 Å². The van der Waals surface area contributed by atoms with Crippen LogP contribution >= 0.6 is 0 Å². The Hall–Kier alpha value is -0.890. The number of aryl methyl sites for hydroxylation is 1. The average Bonchev–Trinajstić information content (AvgIpc) is 3.21. The zero-order valence-electron chi connectivity index (χ0n) is 12.7. The molecule has 2 aliphatic rings. The lowest BCUT2D eigenvalue weighted by molar-refractivity contribution is 0.240. The lowest BCUT2D eigenvalue weighted by atomic mass is 9.70. The van der Waals surface area contributed by atoms with Crippen LogP contribution in [0.15, 0.2) is 18.2 Å². The fourth-order valence-corrected chi connectivity index (χ4v) is 3.73. The van der Waals surface area contributed by atoms with Gasteiger partial charge >= 0.3 is 0 Å². The second kappa shape index (κ2) is 5.85. The second-order valence-corrected chi connectivity index (χ2v) is 6.97. The van der Waals surface area contributed by atoms with Gasteiger partial charge in [0, 0.05) is 6.04 Å². The highest BCUT2D eigenvalue weighted by Gasteiger charge is 2.32. The van der Waals surface area contributed by atoms with Crippen LogP contribution in [0.25, 0.3) is 0 Å². The summed E-state index contributed by atoms with van der Waals surface area (Å²) in [6.07, 6.45) is 6.60. The van der Waals surface area contributed by atoms with Crippen LogP contribution in [0.5, 0.6) is 0 Å². The zero-order chi connectivity index (χ0) is 14.1. The summed E-state index contributed by atoms with van der Waals surface area (Å²) in [4.78, 5) is 0. The normalized spacial score (nSPS) is 30.4. The number of hydrogen-bond acceptors (Lipinski definition) is 1. The maximum Gasteiger partial charge on any atom is 0.123 e. The van der Waals surface area contributed by atoms with E-state index in [2.05, 4.69) is 19.2 Å². The molecule has 1 N–H and O–H groups in total. The minimum Gasteiger partial charge on any atom is -0.314 e. The number of benzene rings is 1. The number of halogens is 1. The summed E-state index contributed by atoms with van der Waals surface area (Å²) < 4.78 is 13.3. The summed E-state index contributed by atoms with van der Waals surface area (Å²) >= 11 is 0. The van der Waals surface area contributed by atoms with Gasteiger partial charge in [-0.15, -0.1) is 0 Å². The Labute approximate surface area is 122 Å². The van der Waals surface area contributed by atoms with E-state index in [0.29, 0.717) is 5.92 Å². The summed E-state index contributed by atoms with van der Waals surface area (Å²) in [5, 5.41) is 3.70. The monoisotopic (exact) mass is 275 g/mol. The van der Waals surface area contributed by atoms with E-state index in [1.54, 1.807) is 12.1 Å². The number of nitrogens with one attached hydrogen (secondary N) is 1. The van der Waals surface area contributed by atoms with Gasteiger partial charge in [0.05, 0.1) is 0 Å². The van der Waals surface area contributed by atoms with Gasteiger partial charge in [-0.3, -0.25) is 0 Å². The molecule has 0 amide bonds. The highest BCUT2D eigenvalue weighted by molar-refractivity contribution is 5.31. The summed E-state index contributed by atoms with van der Waals surface area (Å²) in [6, 6.07) is 6.13. The molecular formula is C18H26FN. The molecule has 2 heteroatoms. The first-order valence-electron chi connectivity index (χ1n) is 8.13. The van der Waals surface area contributed by atoms with Crippen molar-refractivity contribution in [3.63, 3.8) is 0 Å². The standard InChI is InChI=1S/C18H26FN/c1-12-3-4-14(11-20-16-6-7-16)18(9-12)17-8-5-15(19)10-13(17)2/h5,8,10,12,14,16,18,20H,3-4,6-7,9,11H2,1-2H3. The molecule has 0 aliphatic heterocycles. The van der Waals surface area contributed by atoms with Gasteiger partial charge in [-0.05, 0) is 80.2 Å². The molecule has 0 radical (unpaired) electrons. The first-order chi connectivity index (χ1) is 9.63. The van der Waals surface area contributed by atoms with Crippen molar-refractivity contribution in [3.05, 3.63) is 35.1 Å². The van der Waals surface area contributed by atoms with Gasteiger partial charge < -0.3 is 5.32 Å². The van der Waals surface area contributed by atoms with E-state index in [0.717, 1.165) is 30.0 Å². The van der Waals surface area contributed by atoms with Crippen LogP contribution in [0.3, 0.4) is 0 Å². The Kier molecular flexibility index (Phi) is 4.11. The molecule has 1 aromatic rings. The van der Waals surface area contributed by atoms with Crippen LogP contribution in [-0.4, -0.2) is 12.6 Å². The van der Waals surface area contributed by atoms with Crippen LogP contribution in [0, 0.1) is 24.6 Å². The van der Waals surface area contributed by atoms with Crippen molar-refractivity contribution in [3.8, 4) is 0 Å². The van der Waals surface area contributed by atoms with Crippen LogP contribution in [0.4, 0.5) is 4.39 Å². The predicted molar refractivity (Wildman–Crippen MR) is 81.4 cm³/mol. The molecule has 20 heavy (non-hydrogen) atoms. The van der Waals surface area contributed by atoms with Gasteiger partial charge in [0.1, 0.15) is 5.82 Å². The molecule has 1 nitrogen and oxygen atoms in total. The number of rotatable bonds is 4. The van der Waals surface area contributed by atoms with Crippen LogP contribution in [-0.2, 0) is 0 Å². The highest BCUT2D eigenvalue weighted by atomic mass is 19.1. The van der Waals surface area contributed by atoms with E-state index in [1.807, 2.05) is 6.07 Å². The Morgan fingerprint density at radius 3 is 2.70 bits per heavy atom. The molecule has 2 saturated carbocycles. The van der Waals surface area contributed by atoms with E-state index in [-0.39, 0.29) is 5.82 Å². The van der Waals surface area contributed by atoms with Crippen LogP contribution < -0.4 is 5.32 Å². The maximum absolute atomic E-state index is 13.3. The van der Waals surface area contributed by atoms with Crippen molar-refractivity contribution in [1.29, 1.82) is 0 Å². The highest BCUT2D eigenvalue weighted by Crippen LogP contribution is 2.41. The molecular weight excluding hydrogens is 249 g/mol. The minimum atomic E-state index is -0.109. The maximum atomic E-state index is 13.3. The topological polar surface area (TPSA) is 12.0 Å². The molecule has 0 aromatic heterocycles. The molecule has 110 valence electrons. The molecule has 0 saturated heterocycles. The van der Waals surface area contributed by atoms with Crippen molar-refractivity contribution >= 4 is 0 Å². The molecule has 2 fully saturated rings. The van der Waals surface area contributed by atoms with E-state index >= 15 is 0 Å². The number of hydrogen-bond donors (Lipinski definition) is 1. The van der Waals surface area contributed by atoms with E-state index in [1.165, 1.54) is 37.7 Å². The minimum absolute atomic E-state index is 0.109. The van der Waals surface area contributed by atoms with Gasteiger partial charge in [0.2, 0.25) is 0 Å². The SMILES string of the molecule is Cc1cc(F)ccc1C1CC(C)CCC1CNC1CC1. The Bertz CT molecular complexity index is 466. The zero-order valence-corrected chi connectivity index (χ0v) is 12.7. The van der Waals surface area contributed by atoms with Crippen molar-refractivity contribution < 1.29 is 4.39 Å². The van der Waals surface area contributed by atoms with Gasteiger partial charge in [-0.1, -0.05) is 19.4 Å². The first-order valence-corrected chi connectivity index (χ1v) is 8.13. The summed E-state index contributed by atoms with van der Waals surface area (Å²) in [5.41, 5.74) is 2.50. The van der Waals surface area contributed by atoms with E-state index < -0.39 is 0 Å². The summed E-state index contributed by atoms with van der Waals surface area (Å²) in [6.45, 7) is 5.55. The van der Waals surface area contributed by atoms with Crippen LogP contribution in [0.1, 0.15) is 56.1 Å². The third kappa shape index (κ3) is 3.22. The summed E-state index contributed by atoms with van der Waals surface area (Å²) in [7, 11) is 0. The van der Waals surface area contributed by atoms with Crippen molar-refractivity contribution in [1.82, 2.24) is 5.32 Å². The Balaban J connectivity index is 1.77. The fraction of sp³-hybridized carbons (Fsp3) is 0.667. The largest absolute Gasteiger partial charge is 0.314 e. The molecule has 3 unspecified atom stereocenters. The lowest BCUT2D eigenvalue weighted by Gasteiger charge is -2.36. The lowest BCUT2D eigenvalue weighted by Crippen LogP contribution is -2.32. The van der Waals surface area contributed by atoms with Gasteiger partial charge in [-0.2, -0.15) is 0 Å². The van der Waals surface area contributed by atoms with Gasteiger partial charge in [0.15, 0.2) is 0 Å². The first kappa shape index (κ1) is 14.1. The molecule has 0 spiro atoms. The van der Waals surface area contributed by atoms with Crippen molar-refractivity contribution in [2.24, 2.45) is 11.8 Å². The van der Waals surface area contributed by atoms with Crippen LogP contribution in [0.2, 0.25) is 0 Å². The smallest absolute Gasteiger partial charge is 0.123 e. The third-order valence-corrected chi connectivity index (χ3v) is 5.13. The van der Waals surface area contributed by atoms with Gasteiger partial charge in [0.25, 0.3) is 0 Å². The fourth-order valence-electron chi connectivity index (χ4n) is 3.73. The molecule has 3 atom stereocenters. The molecule has 0 bridgehead atoms. The molecule has 2 aliphatic carbocycles. The average molecular weight is 275 g/mol. The predicted octanol–water partition coefficient (Wildman–Crippen LogP) is 4.41. The van der Waals surface area contributed by atoms with Gasteiger partial charge in [-0.25, -0.2) is 4.39 Å². The molecule has 0 heterocycles. The quantitative estimate of drug-likeness (QED) is 0.858. The van der Waals surface area contributed by atoms with E-state index in [4.69, 9.17) is 0 Å². The molecule has 3 rings (SSSR count). The van der Waals surface area contributed by atoms with E-state index in [9.17, 15) is 4.39 Å². The third-order valence-electron chi connectivity index (χ3n) is 5.13. The Morgan fingerprint density at radius 1 is 1.20 bits per heavy atom. The Morgan fingerprint density at radius 2 is 2.00 bits per heavy atom. The molecule has 1 aromatic carbocycles. The second-order valence-electron chi connectivity index (χ2n) is 6.97.